The molecule has 2 heterocycles. The van der Waals surface area contributed by atoms with Crippen LogP contribution in [0, 0.1) is 11.6 Å². The molecule has 1 unspecified atom stereocenters. The number of nitrogens with one attached hydrogen (secondary N) is 3. The molecule has 1 aromatic heterocycles. The van der Waals surface area contributed by atoms with Gasteiger partial charge < -0.3 is 15.6 Å². The van der Waals surface area contributed by atoms with Crippen LogP contribution >= 0.6 is 11.6 Å². The van der Waals surface area contributed by atoms with E-state index in [0.29, 0.717) is 33.3 Å². The van der Waals surface area contributed by atoms with Gasteiger partial charge in [-0.1, -0.05) is 17.7 Å². The third-order valence-electron chi connectivity index (χ3n) is 5.30. The Balaban J connectivity index is 1.59. The van der Waals surface area contributed by atoms with Crippen molar-refractivity contribution in [3.8, 4) is 0 Å². The summed E-state index contributed by atoms with van der Waals surface area (Å²) in [7, 11) is 0. The third kappa shape index (κ3) is 3.23. The van der Waals surface area contributed by atoms with Crippen molar-refractivity contribution in [3.05, 3.63) is 99.7 Å². The summed E-state index contributed by atoms with van der Waals surface area (Å²) in [5.74, 6) is -1.97. The van der Waals surface area contributed by atoms with E-state index in [1.54, 1.807) is 30.5 Å². The summed E-state index contributed by atoms with van der Waals surface area (Å²) >= 11 is 6.26. The number of halogens is 3. The van der Waals surface area contributed by atoms with Crippen molar-refractivity contribution in [1.29, 1.82) is 0 Å². The Hall–Kier alpha value is -3.71. The molecule has 1 atom stereocenters. The molecule has 5 rings (SSSR count). The van der Waals surface area contributed by atoms with Crippen LogP contribution in [0.15, 0.2) is 60.8 Å². The van der Waals surface area contributed by atoms with Gasteiger partial charge >= 0.3 is 0 Å². The lowest BCUT2D eigenvalue weighted by Gasteiger charge is -2.18. The number of amides is 2. The molecular formula is C23H14ClF2N3O2. The van der Waals surface area contributed by atoms with Crippen LogP contribution in [0.4, 0.5) is 14.5 Å². The fourth-order valence-electron chi connectivity index (χ4n) is 3.94. The van der Waals surface area contributed by atoms with Crippen LogP contribution in [0.3, 0.4) is 0 Å². The normalized spacial score (nSPS) is 15.1. The van der Waals surface area contributed by atoms with Gasteiger partial charge in [-0.25, -0.2) is 8.78 Å². The van der Waals surface area contributed by atoms with Gasteiger partial charge in [-0.2, -0.15) is 0 Å². The maximum atomic E-state index is 14.0. The standard InChI is InChI=1S/C23H14ClF2N3O2/c24-17-5-4-12(25)9-15(17)21-19-14(22(30)29-21)2-1-3-18(19)28-23(31)16-10-13(26)8-11-6-7-27-20(11)16/h1-10,21,27H,(H,28,31)(H,29,30). The number of anilines is 1. The molecule has 1 aliphatic rings. The maximum Gasteiger partial charge on any atom is 0.257 e. The Morgan fingerprint density at radius 2 is 1.87 bits per heavy atom. The van der Waals surface area contributed by atoms with E-state index in [1.165, 1.54) is 24.3 Å². The zero-order valence-corrected chi connectivity index (χ0v) is 16.6. The molecule has 4 aromatic rings. The van der Waals surface area contributed by atoms with E-state index < -0.39 is 23.6 Å². The van der Waals surface area contributed by atoms with Gasteiger partial charge in [0.25, 0.3) is 11.8 Å². The molecule has 0 aliphatic carbocycles. The van der Waals surface area contributed by atoms with Crippen LogP contribution < -0.4 is 10.6 Å². The first kappa shape index (κ1) is 19.3. The van der Waals surface area contributed by atoms with Crippen LogP contribution in [0.2, 0.25) is 5.02 Å². The highest BCUT2D eigenvalue weighted by Crippen LogP contribution is 2.39. The highest BCUT2D eigenvalue weighted by Gasteiger charge is 2.34. The van der Waals surface area contributed by atoms with E-state index in [-0.39, 0.29) is 16.5 Å². The molecule has 1 aliphatic heterocycles. The number of carbonyl (C=O) groups excluding carboxylic acids is 2. The molecule has 154 valence electrons. The molecule has 2 amide bonds. The summed E-state index contributed by atoms with van der Waals surface area (Å²) in [6.07, 6.45) is 1.62. The van der Waals surface area contributed by atoms with Gasteiger partial charge in [-0.3, -0.25) is 9.59 Å². The number of aromatic amines is 1. The van der Waals surface area contributed by atoms with Crippen molar-refractivity contribution in [2.75, 3.05) is 5.32 Å². The van der Waals surface area contributed by atoms with Crippen LogP contribution in [0.25, 0.3) is 10.9 Å². The van der Waals surface area contributed by atoms with Crippen molar-refractivity contribution < 1.29 is 18.4 Å². The lowest BCUT2D eigenvalue weighted by Crippen LogP contribution is -2.21. The van der Waals surface area contributed by atoms with E-state index in [4.69, 9.17) is 11.6 Å². The molecule has 0 bridgehead atoms. The van der Waals surface area contributed by atoms with E-state index >= 15 is 0 Å². The SMILES string of the molecule is O=C1NC(c2cc(F)ccc2Cl)c2c(NC(=O)c3cc(F)cc4cc[nH]c34)cccc21. The largest absolute Gasteiger partial charge is 0.361 e. The summed E-state index contributed by atoms with van der Waals surface area (Å²) in [6.45, 7) is 0. The molecule has 0 spiro atoms. The molecule has 0 saturated heterocycles. The van der Waals surface area contributed by atoms with Gasteiger partial charge in [0.1, 0.15) is 11.6 Å². The molecular weight excluding hydrogens is 424 g/mol. The van der Waals surface area contributed by atoms with E-state index in [0.717, 1.165) is 6.07 Å². The van der Waals surface area contributed by atoms with Gasteiger partial charge in [-0.15, -0.1) is 0 Å². The van der Waals surface area contributed by atoms with E-state index in [1.807, 2.05) is 0 Å². The molecule has 5 nitrogen and oxygen atoms in total. The lowest BCUT2D eigenvalue weighted by molar-refractivity contribution is 0.0959. The molecule has 0 fully saturated rings. The van der Waals surface area contributed by atoms with Gasteiger partial charge in [-0.05, 0) is 48.5 Å². The monoisotopic (exact) mass is 437 g/mol. The smallest absolute Gasteiger partial charge is 0.257 e. The summed E-state index contributed by atoms with van der Waals surface area (Å²) in [6, 6.07) is 12.1. The van der Waals surface area contributed by atoms with E-state index in [2.05, 4.69) is 15.6 Å². The number of carbonyl (C=O) groups is 2. The van der Waals surface area contributed by atoms with Crippen LogP contribution in [-0.2, 0) is 0 Å². The fourth-order valence-corrected chi connectivity index (χ4v) is 4.16. The maximum absolute atomic E-state index is 14.0. The number of H-pyrrole nitrogens is 1. The molecule has 3 aromatic carbocycles. The summed E-state index contributed by atoms with van der Waals surface area (Å²) in [5, 5.41) is 6.39. The topological polar surface area (TPSA) is 74.0 Å². The van der Waals surface area contributed by atoms with Gasteiger partial charge in [0, 0.05) is 39.0 Å². The predicted octanol–water partition coefficient (Wildman–Crippen LogP) is 5.18. The lowest BCUT2D eigenvalue weighted by atomic mass is 9.96. The summed E-state index contributed by atoms with van der Waals surface area (Å²) in [4.78, 5) is 28.5. The zero-order valence-electron chi connectivity index (χ0n) is 15.8. The highest BCUT2D eigenvalue weighted by molar-refractivity contribution is 6.31. The van der Waals surface area contributed by atoms with Crippen molar-refractivity contribution in [2.24, 2.45) is 0 Å². The molecule has 3 N–H and O–H groups in total. The number of aromatic nitrogens is 1. The molecule has 0 radical (unpaired) electrons. The first-order valence-electron chi connectivity index (χ1n) is 9.39. The molecule has 8 heteroatoms. The Labute approximate surface area is 180 Å². The van der Waals surface area contributed by atoms with Gasteiger partial charge in [0.15, 0.2) is 0 Å². The second-order valence-electron chi connectivity index (χ2n) is 7.19. The van der Waals surface area contributed by atoms with Crippen molar-refractivity contribution in [2.45, 2.75) is 6.04 Å². The summed E-state index contributed by atoms with van der Waals surface area (Å²) in [5.41, 5.74) is 2.13. The van der Waals surface area contributed by atoms with Crippen LogP contribution in [-0.4, -0.2) is 16.8 Å². The highest BCUT2D eigenvalue weighted by atomic mass is 35.5. The average Bonchev–Trinajstić information content (AvgIpc) is 3.34. The summed E-state index contributed by atoms with van der Waals surface area (Å²) < 4.78 is 27.9. The number of benzene rings is 3. The second-order valence-corrected chi connectivity index (χ2v) is 7.60. The number of hydrogen-bond donors (Lipinski definition) is 3. The Kier molecular flexibility index (Phi) is 4.48. The second kappa shape index (κ2) is 7.21. The zero-order chi connectivity index (χ0) is 21.7. The van der Waals surface area contributed by atoms with Gasteiger partial charge in [0.05, 0.1) is 17.1 Å². The minimum atomic E-state index is -0.750. The first-order valence-corrected chi connectivity index (χ1v) is 9.77. The predicted molar refractivity (Wildman–Crippen MR) is 113 cm³/mol. The first-order chi connectivity index (χ1) is 14.9. The van der Waals surface area contributed by atoms with Crippen molar-refractivity contribution in [3.63, 3.8) is 0 Å². The minimum absolute atomic E-state index is 0.121. The third-order valence-corrected chi connectivity index (χ3v) is 5.65. The fraction of sp³-hybridized carbons (Fsp3) is 0.0435. The van der Waals surface area contributed by atoms with Crippen molar-refractivity contribution in [1.82, 2.24) is 10.3 Å². The molecule has 0 saturated carbocycles. The molecule has 31 heavy (non-hydrogen) atoms. The Morgan fingerprint density at radius 3 is 2.71 bits per heavy atom. The van der Waals surface area contributed by atoms with Crippen molar-refractivity contribution >= 4 is 40.0 Å². The van der Waals surface area contributed by atoms with Crippen LogP contribution in [0.5, 0.6) is 0 Å². The Morgan fingerprint density at radius 1 is 1.03 bits per heavy atom. The van der Waals surface area contributed by atoms with Crippen LogP contribution in [0.1, 0.15) is 37.9 Å². The Bertz CT molecular complexity index is 1380. The van der Waals surface area contributed by atoms with E-state index in [9.17, 15) is 18.4 Å². The number of hydrogen-bond acceptors (Lipinski definition) is 2. The minimum Gasteiger partial charge on any atom is -0.361 e. The quantitative estimate of drug-likeness (QED) is 0.413. The number of rotatable bonds is 3. The number of fused-ring (bicyclic) bond motifs is 2. The average molecular weight is 438 g/mol. The van der Waals surface area contributed by atoms with Gasteiger partial charge in [0.2, 0.25) is 0 Å².